The molecule has 6 nitrogen and oxygen atoms in total. The maximum absolute atomic E-state index is 11.9. The molecular formula is C12H11NO5S. The van der Waals surface area contributed by atoms with E-state index in [-0.39, 0.29) is 17.2 Å². The maximum Gasteiger partial charge on any atom is 0.240 e. The summed E-state index contributed by atoms with van der Waals surface area (Å²) in [5, 5.41) is 9.00. The fraction of sp³-hybridized carbons (Fsp3) is 0.0833. The van der Waals surface area contributed by atoms with Crippen LogP contribution in [0.4, 0.5) is 0 Å². The van der Waals surface area contributed by atoms with Gasteiger partial charge in [0.1, 0.15) is 12.0 Å². The van der Waals surface area contributed by atoms with E-state index < -0.39 is 21.2 Å². The van der Waals surface area contributed by atoms with Crippen molar-refractivity contribution in [1.29, 1.82) is 0 Å². The smallest absolute Gasteiger partial charge is 0.240 e. The van der Waals surface area contributed by atoms with Crippen LogP contribution in [0.3, 0.4) is 0 Å². The molecule has 0 atom stereocenters. The lowest BCUT2D eigenvalue weighted by atomic mass is 10.4. The van der Waals surface area contributed by atoms with Crippen LogP contribution in [0.5, 0.6) is 5.75 Å². The average molecular weight is 281 g/mol. The van der Waals surface area contributed by atoms with Crippen LogP contribution in [-0.2, 0) is 16.6 Å². The molecule has 2 rings (SSSR count). The van der Waals surface area contributed by atoms with Crippen molar-refractivity contribution in [3.63, 3.8) is 0 Å². The Morgan fingerprint density at radius 3 is 2.53 bits per heavy atom. The minimum Gasteiger partial charge on any atom is -0.502 e. The van der Waals surface area contributed by atoms with Gasteiger partial charge >= 0.3 is 0 Å². The Hall–Kier alpha value is -2.12. The van der Waals surface area contributed by atoms with Gasteiger partial charge in [0.05, 0.1) is 11.4 Å². The van der Waals surface area contributed by atoms with Crippen molar-refractivity contribution >= 4 is 10.0 Å². The molecule has 1 aromatic heterocycles. The van der Waals surface area contributed by atoms with Crippen molar-refractivity contribution in [3.8, 4) is 5.75 Å². The number of hydrogen-bond donors (Lipinski definition) is 2. The Balaban J connectivity index is 2.14. The zero-order valence-corrected chi connectivity index (χ0v) is 10.6. The van der Waals surface area contributed by atoms with Gasteiger partial charge in [-0.2, -0.15) is 0 Å². The zero-order valence-electron chi connectivity index (χ0n) is 9.74. The predicted molar refractivity (Wildman–Crippen MR) is 67.1 cm³/mol. The molecule has 0 aliphatic rings. The summed E-state index contributed by atoms with van der Waals surface area (Å²) in [5.41, 5.74) is -0.625. The van der Waals surface area contributed by atoms with E-state index in [2.05, 4.69) is 4.72 Å². The average Bonchev–Trinajstić information content (AvgIpc) is 2.41. The van der Waals surface area contributed by atoms with Crippen molar-refractivity contribution in [2.45, 2.75) is 11.4 Å². The van der Waals surface area contributed by atoms with E-state index in [0.29, 0.717) is 0 Å². The molecule has 1 heterocycles. The zero-order chi connectivity index (χ0) is 13.9. The van der Waals surface area contributed by atoms with Gasteiger partial charge in [0.2, 0.25) is 15.5 Å². The van der Waals surface area contributed by atoms with Crippen LogP contribution < -0.4 is 10.2 Å². The van der Waals surface area contributed by atoms with Crippen molar-refractivity contribution in [1.82, 2.24) is 4.72 Å². The second kappa shape index (κ2) is 5.25. The Morgan fingerprint density at radius 2 is 1.89 bits per heavy atom. The number of nitrogens with one attached hydrogen (secondary N) is 1. The normalized spacial score (nSPS) is 11.4. The molecule has 0 spiro atoms. The number of rotatable bonds is 4. The molecule has 0 saturated carbocycles. The first-order valence-electron chi connectivity index (χ1n) is 5.34. The molecule has 0 fully saturated rings. The molecule has 1 aromatic carbocycles. The van der Waals surface area contributed by atoms with Gasteiger partial charge in [-0.1, -0.05) is 18.2 Å². The molecule has 2 N–H and O–H groups in total. The minimum atomic E-state index is -3.66. The third kappa shape index (κ3) is 3.21. The number of hydrogen-bond acceptors (Lipinski definition) is 5. The van der Waals surface area contributed by atoms with Crippen molar-refractivity contribution in [2.75, 3.05) is 0 Å². The summed E-state index contributed by atoms with van der Waals surface area (Å²) in [4.78, 5) is 11.3. The van der Waals surface area contributed by atoms with Crippen LogP contribution >= 0.6 is 0 Å². The van der Waals surface area contributed by atoms with Crippen LogP contribution in [0.1, 0.15) is 5.76 Å². The van der Waals surface area contributed by atoms with Crippen LogP contribution in [-0.4, -0.2) is 13.5 Å². The molecule has 0 aliphatic heterocycles. The highest BCUT2D eigenvalue weighted by molar-refractivity contribution is 7.89. The lowest BCUT2D eigenvalue weighted by Crippen LogP contribution is -2.23. The first-order chi connectivity index (χ1) is 8.99. The van der Waals surface area contributed by atoms with E-state index in [4.69, 9.17) is 9.52 Å². The monoisotopic (exact) mass is 281 g/mol. The number of sulfonamides is 1. The van der Waals surface area contributed by atoms with Gasteiger partial charge in [-0.05, 0) is 12.1 Å². The second-order valence-corrected chi connectivity index (χ2v) is 5.50. The predicted octanol–water partition coefficient (Wildman–Crippen LogP) is 0.824. The quantitative estimate of drug-likeness (QED) is 0.865. The summed E-state index contributed by atoms with van der Waals surface area (Å²) in [6, 6.07) is 8.86. The minimum absolute atomic E-state index is 0.113. The second-order valence-electron chi connectivity index (χ2n) is 3.73. The molecule has 19 heavy (non-hydrogen) atoms. The molecule has 0 bridgehead atoms. The van der Waals surface area contributed by atoms with Gasteiger partial charge in [-0.15, -0.1) is 0 Å². The van der Waals surface area contributed by atoms with Gasteiger partial charge < -0.3 is 9.52 Å². The Kier molecular flexibility index (Phi) is 3.68. The van der Waals surface area contributed by atoms with Gasteiger partial charge in [-0.25, -0.2) is 13.1 Å². The molecule has 2 aromatic rings. The summed E-state index contributed by atoms with van der Waals surface area (Å²) in [6.07, 6.45) is 0.870. The summed E-state index contributed by atoms with van der Waals surface area (Å²) in [6.45, 7) is -0.174. The van der Waals surface area contributed by atoms with Crippen molar-refractivity contribution in [3.05, 3.63) is 58.6 Å². The first kappa shape index (κ1) is 13.3. The van der Waals surface area contributed by atoms with Crippen molar-refractivity contribution in [2.24, 2.45) is 0 Å². The highest BCUT2D eigenvalue weighted by atomic mass is 32.2. The largest absolute Gasteiger partial charge is 0.502 e. The molecule has 0 radical (unpaired) electrons. The molecule has 7 heteroatoms. The van der Waals surface area contributed by atoms with Crippen LogP contribution in [0.2, 0.25) is 0 Å². The molecule has 0 aliphatic carbocycles. The fourth-order valence-electron chi connectivity index (χ4n) is 1.39. The van der Waals surface area contributed by atoms with Gasteiger partial charge in [-0.3, -0.25) is 4.79 Å². The maximum atomic E-state index is 11.9. The standard InChI is InChI=1S/C12H11NO5S/c14-11-6-9(18-8-12(11)15)7-13-19(16,17)10-4-2-1-3-5-10/h1-6,8,13,15H,7H2. The fourth-order valence-corrected chi connectivity index (χ4v) is 2.40. The molecule has 0 unspecified atom stereocenters. The van der Waals surface area contributed by atoms with Gasteiger partial charge in [0.15, 0.2) is 5.75 Å². The topological polar surface area (TPSA) is 96.6 Å². The lowest BCUT2D eigenvalue weighted by molar-refractivity contribution is 0.411. The van der Waals surface area contributed by atoms with Gasteiger partial charge in [0, 0.05) is 6.07 Å². The highest BCUT2D eigenvalue weighted by Crippen LogP contribution is 2.09. The van der Waals surface area contributed by atoms with E-state index in [1.165, 1.54) is 12.1 Å². The van der Waals surface area contributed by atoms with Crippen LogP contribution in [0.15, 0.2) is 56.8 Å². The van der Waals surface area contributed by atoms with E-state index in [9.17, 15) is 13.2 Å². The highest BCUT2D eigenvalue weighted by Gasteiger charge is 2.13. The Morgan fingerprint density at radius 1 is 1.21 bits per heavy atom. The molecule has 0 saturated heterocycles. The van der Waals surface area contributed by atoms with Gasteiger partial charge in [0.25, 0.3) is 0 Å². The van der Waals surface area contributed by atoms with E-state index in [1.807, 2.05) is 0 Å². The third-order valence-electron chi connectivity index (χ3n) is 2.36. The molecule has 100 valence electrons. The summed E-state index contributed by atoms with van der Waals surface area (Å²) in [7, 11) is -3.66. The lowest BCUT2D eigenvalue weighted by Gasteiger charge is -2.05. The first-order valence-corrected chi connectivity index (χ1v) is 6.83. The van der Waals surface area contributed by atoms with Crippen molar-refractivity contribution < 1.29 is 17.9 Å². The van der Waals surface area contributed by atoms with E-state index >= 15 is 0 Å². The number of aromatic hydroxyl groups is 1. The summed E-state index contributed by atoms with van der Waals surface area (Å²) < 4.78 is 30.9. The van der Waals surface area contributed by atoms with E-state index in [1.54, 1.807) is 18.2 Å². The Labute approximate surface area is 109 Å². The Bertz CT molecular complexity index is 721. The molecule has 0 amide bonds. The van der Waals surface area contributed by atoms with Crippen LogP contribution in [0, 0.1) is 0 Å². The number of benzene rings is 1. The van der Waals surface area contributed by atoms with Crippen LogP contribution in [0.25, 0.3) is 0 Å². The third-order valence-corrected chi connectivity index (χ3v) is 3.77. The molecular weight excluding hydrogens is 270 g/mol. The van der Waals surface area contributed by atoms with E-state index in [0.717, 1.165) is 12.3 Å². The summed E-state index contributed by atoms with van der Waals surface area (Å²) >= 11 is 0. The summed E-state index contributed by atoms with van der Waals surface area (Å²) in [5.74, 6) is -0.406. The SMILES string of the molecule is O=c1cc(CNS(=O)(=O)c2ccccc2)occ1O.